The fourth-order valence-electron chi connectivity index (χ4n) is 5.17. The van der Waals surface area contributed by atoms with E-state index >= 15 is 0 Å². The van der Waals surface area contributed by atoms with Crippen molar-refractivity contribution < 1.29 is 9.13 Å². The smallest absolute Gasteiger partial charge is 0.137 e. The lowest BCUT2D eigenvalue weighted by atomic mass is 10.1. The van der Waals surface area contributed by atoms with Gasteiger partial charge >= 0.3 is 0 Å². The van der Waals surface area contributed by atoms with Crippen LogP contribution in [0.15, 0.2) is 91.4 Å². The maximum Gasteiger partial charge on any atom is 0.137 e. The Labute approximate surface area is 222 Å². The molecule has 5 aromatic rings. The van der Waals surface area contributed by atoms with Crippen molar-refractivity contribution in [3.8, 4) is 39.4 Å². The Morgan fingerprint density at radius 3 is 2.50 bits per heavy atom. The molecule has 0 aliphatic carbocycles. The first-order chi connectivity index (χ1) is 18.7. The van der Waals surface area contributed by atoms with E-state index in [0.717, 1.165) is 64.6 Å². The number of pyridine rings is 2. The van der Waals surface area contributed by atoms with Crippen LogP contribution in [-0.4, -0.2) is 45.5 Å². The van der Waals surface area contributed by atoms with E-state index in [9.17, 15) is 4.39 Å². The van der Waals surface area contributed by atoms with Gasteiger partial charge in [-0.2, -0.15) is 0 Å². The average molecular weight is 507 g/mol. The summed E-state index contributed by atoms with van der Waals surface area (Å²) in [5, 5.41) is 0. The van der Waals surface area contributed by atoms with Gasteiger partial charge in [-0.15, -0.1) is 0 Å². The van der Waals surface area contributed by atoms with E-state index in [-0.39, 0.29) is 5.82 Å². The van der Waals surface area contributed by atoms with Crippen molar-refractivity contribution >= 4 is 5.65 Å². The van der Waals surface area contributed by atoms with Crippen molar-refractivity contribution in [3.63, 3.8) is 0 Å². The Kier molecular flexibility index (Phi) is 7.14. The molecule has 0 radical (unpaired) electrons. The van der Waals surface area contributed by atoms with Crippen LogP contribution in [0, 0.1) is 5.82 Å². The predicted molar refractivity (Wildman–Crippen MR) is 150 cm³/mol. The predicted octanol–water partition coefficient (Wildman–Crippen LogP) is 7.12. The molecule has 6 rings (SSSR count). The Morgan fingerprint density at radius 1 is 0.789 bits per heavy atom. The van der Waals surface area contributed by atoms with E-state index in [2.05, 4.69) is 49.7 Å². The van der Waals surface area contributed by atoms with Crippen LogP contribution in [0.2, 0.25) is 0 Å². The minimum atomic E-state index is -0.257. The molecule has 2 aromatic carbocycles. The molecular formula is C32H31FN4O. The van der Waals surface area contributed by atoms with E-state index in [4.69, 9.17) is 4.74 Å². The van der Waals surface area contributed by atoms with Gasteiger partial charge in [0.25, 0.3) is 0 Å². The molecule has 1 saturated heterocycles. The van der Waals surface area contributed by atoms with Gasteiger partial charge in [0.15, 0.2) is 0 Å². The van der Waals surface area contributed by atoms with E-state index in [0.29, 0.717) is 0 Å². The highest BCUT2D eigenvalue weighted by Gasteiger charge is 2.11. The number of piperidine rings is 1. The zero-order valence-corrected chi connectivity index (χ0v) is 21.4. The summed E-state index contributed by atoms with van der Waals surface area (Å²) >= 11 is 0. The molecule has 6 heteroatoms. The number of nitrogens with zero attached hydrogens (tertiary/aromatic N) is 4. The summed E-state index contributed by atoms with van der Waals surface area (Å²) < 4.78 is 21.5. The number of imidazole rings is 1. The highest BCUT2D eigenvalue weighted by atomic mass is 19.1. The molecule has 5 nitrogen and oxygen atoms in total. The van der Waals surface area contributed by atoms with Gasteiger partial charge in [0, 0.05) is 30.1 Å². The van der Waals surface area contributed by atoms with Gasteiger partial charge in [-0.05, 0) is 104 Å². The van der Waals surface area contributed by atoms with Crippen molar-refractivity contribution in [1.82, 2.24) is 19.3 Å². The minimum Gasteiger partial charge on any atom is -0.494 e. The molecule has 0 N–H and O–H groups in total. The van der Waals surface area contributed by atoms with Crippen LogP contribution in [0.4, 0.5) is 4.39 Å². The Bertz CT molecular complexity index is 1520. The van der Waals surface area contributed by atoms with Crippen molar-refractivity contribution in [3.05, 3.63) is 97.2 Å². The third-order valence-corrected chi connectivity index (χ3v) is 7.21. The number of aromatic nitrogens is 3. The van der Waals surface area contributed by atoms with Crippen LogP contribution in [0.3, 0.4) is 0 Å². The Balaban J connectivity index is 1.17. The first-order valence-corrected chi connectivity index (χ1v) is 13.4. The lowest BCUT2D eigenvalue weighted by Gasteiger charge is -2.26. The normalized spacial score (nSPS) is 14.1. The van der Waals surface area contributed by atoms with Gasteiger partial charge in [-0.3, -0.25) is 9.38 Å². The van der Waals surface area contributed by atoms with Crippen LogP contribution in [0.5, 0.6) is 5.75 Å². The Morgan fingerprint density at radius 2 is 1.63 bits per heavy atom. The second-order valence-electron chi connectivity index (χ2n) is 9.86. The molecule has 0 atom stereocenters. The second-order valence-corrected chi connectivity index (χ2v) is 9.86. The molecule has 38 heavy (non-hydrogen) atoms. The third-order valence-electron chi connectivity index (χ3n) is 7.21. The summed E-state index contributed by atoms with van der Waals surface area (Å²) in [7, 11) is 0. The zero-order valence-electron chi connectivity index (χ0n) is 21.4. The molecule has 0 unspecified atom stereocenters. The van der Waals surface area contributed by atoms with Crippen molar-refractivity contribution in [2.24, 2.45) is 0 Å². The average Bonchev–Trinajstić information content (AvgIpc) is 3.40. The largest absolute Gasteiger partial charge is 0.494 e. The van der Waals surface area contributed by atoms with E-state index in [1.165, 1.54) is 44.5 Å². The zero-order chi connectivity index (χ0) is 25.7. The second kappa shape index (κ2) is 11.2. The van der Waals surface area contributed by atoms with Crippen molar-refractivity contribution in [2.75, 3.05) is 26.2 Å². The van der Waals surface area contributed by atoms with Gasteiger partial charge in [0.05, 0.1) is 24.2 Å². The molecule has 3 aromatic heterocycles. The third kappa shape index (κ3) is 5.46. The van der Waals surface area contributed by atoms with Gasteiger partial charge in [-0.1, -0.05) is 18.6 Å². The number of benzene rings is 2. The summed E-state index contributed by atoms with van der Waals surface area (Å²) in [5.74, 6) is 0.641. The summed E-state index contributed by atoms with van der Waals surface area (Å²) in [6.07, 6.45) is 10.8. The fraction of sp³-hybridized carbons (Fsp3) is 0.250. The van der Waals surface area contributed by atoms with E-state index in [1.807, 2.05) is 30.5 Å². The number of halogens is 1. The molecule has 192 valence electrons. The fourth-order valence-corrected chi connectivity index (χ4v) is 5.17. The quantitative estimate of drug-likeness (QED) is 0.210. The molecule has 1 aliphatic heterocycles. The maximum atomic E-state index is 13.4. The lowest BCUT2D eigenvalue weighted by Crippen LogP contribution is -2.31. The van der Waals surface area contributed by atoms with Crippen molar-refractivity contribution in [2.45, 2.75) is 25.7 Å². The van der Waals surface area contributed by atoms with Crippen LogP contribution < -0.4 is 4.74 Å². The topological polar surface area (TPSA) is 42.7 Å². The molecule has 0 spiro atoms. The van der Waals surface area contributed by atoms with Gasteiger partial charge in [0.1, 0.15) is 17.2 Å². The molecule has 0 saturated carbocycles. The highest BCUT2D eigenvalue weighted by Crippen LogP contribution is 2.29. The number of ether oxygens (including phenoxy) is 1. The summed E-state index contributed by atoms with van der Waals surface area (Å²) in [5.41, 5.74) is 6.70. The van der Waals surface area contributed by atoms with Crippen LogP contribution in [0.25, 0.3) is 39.3 Å². The van der Waals surface area contributed by atoms with Gasteiger partial charge < -0.3 is 9.64 Å². The maximum absolute atomic E-state index is 13.4. The number of rotatable bonds is 8. The van der Waals surface area contributed by atoms with E-state index in [1.54, 1.807) is 18.3 Å². The van der Waals surface area contributed by atoms with Gasteiger partial charge in [0.2, 0.25) is 0 Å². The summed E-state index contributed by atoms with van der Waals surface area (Å²) in [4.78, 5) is 11.7. The van der Waals surface area contributed by atoms with E-state index < -0.39 is 0 Å². The number of fused-ring (bicyclic) bond motifs is 1. The molecule has 1 aliphatic rings. The molecule has 0 bridgehead atoms. The molecule has 1 fully saturated rings. The SMILES string of the molecule is Fc1ccc(-c2cc(-c3cnc4cc(-c5cccc(OCCCN6CCCCC6)c5)ccn34)ccn2)cc1. The number of hydrogen-bond donors (Lipinski definition) is 0. The highest BCUT2D eigenvalue weighted by molar-refractivity contribution is 5.73. The summed E-state index contributed by atoms with van der Waals surface area (Å²) in [6, 6.07) is 22.9. The monoisotopic (exact) mass is 506 g/mol. The van der Waals surface area contributed by atoms with Crippen molar-refractivity contribution in [1.29, 1.82) is 0 Å². The van der Waals surface area contributed by atoms with Crippen LogP contribution in [0.1, 0.15) is 25.7 Å². The minimum absolute atomic E-state index is 0.257. The Hall–Kier alpha value is -4.03. The number of likely N-dealkylation sites (tertiary alicyclic amines) is 1. The summed E-state index contributed by atoms with van der Waals surface area (Å²) in [6.45, 7) is 4.30. The van der Waals surface area contributed by atoms with Crippen LogP contribution >= 0.6 is 0 Å². The van der Waals surface area contributed by atoms with Gasteiger partial charge in [-0.25, -0.2) is 9.37 Å². The first kappa shape index (κ1) is 24.3. The molecule has 4 heterocycles. The molecular weight excluding hydrogens is 475 g/mol. The lowest BCUT2D eigenvalue weighted by molar-refractivity contribution is 0.205. The standard InChI is InChI=1S/C32H31FN4O/c33-28-10-8-24(9-11-28)30-21-27(12-14-34-30)31-23-35-32-22-26(13-18-37(31)32)25-6-4-7-29(20-25)38-19-5-17-36-15-2-1-3-16-36/h4,6-14,18,20-23H,1-3,5,15-17,19H2. The molecule has 0 amide bonds. The first-order valence-electron chi connectivity index (χ1n) is 13.4. The number of hydrogen-bond acceptors (Lipinski definition) is 4. The van der Waals surface area contributed by atoms with Crippen LogP contribution in [-0.2, 0) is 0 Å².